The molecule has 37 heavy (non-hydrogen) atoms. The number of hydrogen-bond donors (Lipinski definition) is 0. The standard InChI is InChI=1S/C32H40O5/c1-5-7-8-10-13-25(4)35-28-16-18-29(19-17-28)36-31(34)32(37-30(33)24(3)6-2)22-20-27(21-23-32)26-14-11-9-12-15-26/h9,11-12,14-22,24-25H,5-8,10,13,23H2,1-4H3/t24-,25-,32?/m0/s1. The van der Waals surface area contributed by atoms with Crippen LogP contribution in [0.25, 0.3) is 5.57 Å². The lowest BCUT2D eigenvalue weighted by Gasteiger charge is -2.31. The minimum Gasteiger partial charge on any atom is -0.491 e. The van der Waals surface area contributed by atoms with Crippen molar-refractivity contribution >= 4 is 17.5 Å². The lowest BCUT2D eigenvalue weighted by atomic mass is 9.89. The second kappa shape index (κ2) is 13.8. The van der Waals surface area contributed by atoms with E-state index >= 15 is 0 Å². The van der Waals surface area contributed by atoms with Gasteiger partial charge >= 0.3 is 11.9 Å². The van der Waals surface area contributed by atoms with Crippen molar-refractivity contribution in [1.82, 2.24) is 0 Å². The third-order valence-corrected chi connectivity index (χ3v) is 6.74. The molecule has 198 valence electrons. The molecule has 0 saturated heterocycles. The maximum absolute atomic E-state index is 13.4. The number of carbonyl (C=O) groups is 2. The van der Waals surface area contributed by atoms with Crippen LogP contribution in [-0.2, 0) is 14.3 Å². The molecule has 0 aliphatic heterocycles. The van der Waals surface area contributed by atoms with E-state index in [-0.39, 0.29) is 18.4 Å². The molecule has 2 aromatic rings. The quantitative estimate of drug-likeness (QED) is 0.159. The Bertz CT molecular complexity index is 1070. The van der Waals surface area contributed by atoms with Gasteiger partial charge in [-0.05, 0) is 67.7 Å². The minimum absolute atomic E-state index is 0.117. The average molecular weight is 505 g/mol. The number of hydrogen-bond acceptors (Lipinski definition) is 5. The summed E-state index contributed by atoms with van der Waals surface area (Å²) in [6.45, 7) is 7.98. The number of unbranched alkanes of at least 4 members (excludes halogenated alkanes) is 3. The highest BCUT2D eigenvalue weighted by Crippen LogP contribution is 2.33. The Hall–Kier alpha value is -3.34. The van der Waals surface area contributed by atoms with Crippen LogP contribution in [0.5, 0.6) is 11.5 Å². The number of esters is 2. The monoisotopic (exact) mass is 504 g/mol. The fraction of sp³-hybridized carbons (Fsp3) is 0.438. The summed E-state index contributed by atoms with van der Waals surface area (Å²) in [7, 11) is 0. The lowest BCUT2D eigenvalue weighted by molar-refractivity contribution is -0.173. The Balaban J connectivity index is 1.68. The average Bonchev–Trinajstić information content (AvgIpc) is 2.92. The van der Waals surface area contributed by atoms with Crippen LogP contribution >= 0.6 is 0 Å². The second-order valence-corrected chi connectivity index (χ2v) is 9.82. The largest absolute Gasteiger partial charge is 0.491 e. The van der Waals surface area contributed by atoms with Gasteiger partial charge in [-0.15, -0.1) is 0 Å². The van der Waals surface area contributed by atoms with Crippen molar-refractivity contribution in [2.75, 3.05) is 0 Å². The van der Waals surface area contributed by atoms with Crippen LogP contribution in [0.3, 0.4) is 0 Å². The Kier molecular flexibility index (Phi) is 10.6. The molecule has 0 amide bonds. The molecule has 0 saturated carbocycles. The van der Waals surface area contributed by atoms with E-state index in [4.69, 9.17) is 14.2 Å². The zero-order chi connectivity index (χ0) is 26.7. The van der Waals surface area contributed by atoms with Gasteiger partial charge in [-0.1, -0.05) is 82.5 Å². The van der Waals surface area contributed by atoms with Crippen LogP contribution in [-0.4, -0.2) is 23.6 Å². The van der Waals surface area contributed by atoms with Crippen molar-refractivity contribution in [2.24, 2.45) is 5.92 Å². The van der Waals surface area contributed by atoms with Crippen LogP contribution in [0.15, 0.2) is 72.8 Å². The predicted octanol–water partition coefficient (Wildman–Crippen LogP) is 7.70. The summed E-state index contributed by atoms with van der Waals surface area (Å²) >= 11 is 0. The summed E-state index contributed by atoms with van der Waals surface area (Å²) in [5.74, 6) is -0.260. The van der Waals surface area contributed by atoms with E-state index in [1.165, 1.54) is 19.3 Å². The first-order valence-electron chi connectivity index (χ1n) is 13.5. The van der Waals surface area contributed by atoms with Crippen molar-refractivity contribution in [3.8, 4) is 11.5 Å². The molecule has 0 spiro atoms. The van der Waals surface area contributed by atoms with Gasteiger partial charge in [0.25, 0.3) is 0 Å². The van der Waals surface area contributed by atoms with Crippen LogP contribution in [0, 0.1) is 5.92 Å². The maximum Gasteiger partial charge on any atom is 0.360 e. The van der Waals surface area contributed by atoms with E-state index in [9.17, 15) is 9.59 Å². The van der Waals surface area contributed by atoms with Gasteiger partial charge in [-0.2, -0.15) is 0 Å². The smallest absolute Gasteiger partial charge is 0.360 e. The van der Waals surface area contributed by atoms with Gasteiger partial charge in [0, 0.05) is 6.42 Å². The molecule has 2 aromatic carbocycles. The fourth-order valence-corrected chi connectivity index (χ4v) is 4.11. The van der Waals surface area contributed by atoms with E-state index in [1.54, 1.807) is 37.3 Å². The maximum atomic E-state index is 13.4. The first-order chi connectivity index (χ1) is 17.9. The summed E-state index contributed by atoms with van der Waals surface area (Å²) in [6.07, 6.45) is 12.2. The summed E-state index contributed by atoms with van der Waals surface area (Å²) in [5, 5.41) is 0. The van der Waals surface area contributed by atoms with E-state index < -0.39 is 17.5 Å². The molecule has 0 bridgehead atoms. The Morgan fingerprint density at radius 3 is 2.24 bits per heavy atom. The highest BCUT2D eigenvalue weighted by Gasteiger charge is 2.43. The molecule has 1 unspecified atom stereocenters. The van der Waals surface area contributed by atoms with Gasteiger partial charge in [-0.3, -0.25) is 4.79 Å². The van der Waals surface area contributed by atoms with Gasteiger partial charge in [0.2, 0.25) is 5.60 Å². The van der Waals surface area contributed by atoms with E-state index in [1.807, 2.05) is 49.4 Å². The van der Waals surface area contributed by atoms with Crippen molar-refractivity contribution in [2.45, 2.75) is 84.3 Å². The Labute approximate surface area is 221 Å². The SMILES string of the molecule is CCCCCC[C@H](C)Oc1ccc(OC(=O)C2(OC(=O)[C@@H](C)CC)C=CC(c3ccccc3)=CC2)cc1. The van der Waals surface area contributed by atoms with Crippen molar-refractivity contribution < 1.29 is 23.8 Å². The molecule has 3 atom stereocenters. The number of ether oxygens (including phenoxy) is 3. The molecular weight excluding hydrogens is 464 g/mol. The normalized spacial score (nSPS) is 18.4. The highest BCUT2D eigenvalue weighted by molar-refractivity contribution is 5.90. The number of rotatable bonds is 13. The molecule has 5 nitrogen and oxygen atoms in total. The highest BCUT2D eigenvalue weighted by atomic mass is 16.6. The van der Waals surface area contributed by atoms with Gasteiger partial charge in [0.15, 0.2) is 0 Å². The molecule has 1 aliphatic carbocycles. The van der Waals surface area contributed by atoms with Gasteiger partial charge in [0.05, 0.1) is 12.0 Å². The molecule has 0 fully saturated rings. The second-order valence-electron chi connectivity index (χ2n) is 9.82. The summed E-state index contributed by atoms with van der Waals surface area (Å²) in [4.78, 5) is 26.1. The van der Waals surface area contributed by atoms with Crippen LogP contribution in [0.2, 0.25) is 0 Å². The molecule has 0 N–H and O–H groups in total. The molecule has 0 heterocycles. The van der Waals surface area contributed by atoms with E-state index in [0.29, 0.717) is 12.2 Å². The molecule has 5 heteroatoms. The first kappa shape index (κ1) is 28.2. The molecule has 0 radical (unpaired) electrons. The lowest BCUT2D eigenvalue weighted by Crippen LogP contribution is -2.45. The first-order valence-corrected chi connectivity index (χ1v) is 13.5. The van der Waals surface area contributed by atoms with Crippen molar-refractivity contribution in [3.63, 3.8) is 0 Å². The molecular formula is C32H40O5. The van der Waals surface area contributed by atoms with Crippen molar-refractivity contribution in [1.29, 1.82) is 0 Å². The predicted molar refractivity (Wildman–Crippen MR) is 147 cm³/mol. The van der Waals surface area contributed by atoms with Crippen LogP contribution in [0.1, 0.15) is 78.2 Å². The van der Waals surface area contributed by atoms with Crippen LogP contribution < -0.4 is 9.47 Å². The van der Waals surface area contributed by atoms with Gasteiger partial charge < -0.3 is 14.2 Å². The molecule has 3 rings (SSSR count). The number of allylic oxidation sites excluding steroid dienone is 2. The minimum atomic E-state index is -1.51. The number of carbonyl (C=O) groups excluding carboxylic acids is 2. The summed E-state index contributed by atoms with van der Waals surface area (Å²) in [6, 6.07) is 16.9. The summed E-state index contributed by atoms with van der Waals surface area (Å²) < 4.78 is 17.5. The van der Waals surface area contributed by atoms with Crippen LogP contribution in [0.4, 0.5) is 0 Å². The van der Waals surface area contributed by atoms with Gasteiger partial charge in [0.1, 0.15) is 11.5 Å². The molecule has 1 aliphatic rings. The van der Waals surface area contributed by atoms with E-state index in [0.717, 1.165) is 29.7 Å². The third kappa shape index (κ3) is 8.08. The van der Waals surface area contributed by atoms with E-state index in [2.05, 4.69) is 13.8 Å². The summed E-state index contributed by atoms with van der Waals surface area (Å²) in [5.41, 5.74) is 0.485. The molecule has 0 aromatic heterocycles. The van der Waals surface area contributed by atoms with Crippen molar-refractivity contribution in [3.05, 3.63) is 78.4 Å². The Morgan fingerprint density at radius 2 is 1.62 bits per heavy atom. The number of benzene rings is 2. The topological polar surface area (TPSA) is 61.8 Å². The zero-order valence-electron chi connectivity index (χ0n) is 22.6. The Morgan fingerprint density at radius 1 is 0.919 bits per heavy atom. The third-order valence-electron chi connectivity index (χ3n) is 6.74. The fourth-order valence-electron chi connectivity index (χ4n) is 4.11. The van der Waals surface area contributed by atoms with Gasteiger partial charge in [-0.25, -0.2) is 4.79 Å². The zero-order valence-corrected chi connectivity index (χ0v) is 22.6.